The molecule has 180 valence electrons. The van der Waals surface area contributed by atoms with Crippen LogP contribution < -0.4 is 4.74 Å². The van der Waals surface area contributed by atoms with E-state index in [1.54, 1.807) is 30.2 Å². The van der Waals surface area contributed by atoms with Gasteiger partial charge in [-0.15, -0.1) is 0 Å². The van der Waals surface area contributed by atoms with Crippen molar-refractivity contribution in [3.63, 3.8) is 0 Å². The molecule has 2 heterocycles. The van der Waals surface area contributed by atoms with Crippen LogP contribution in [-0.4, -0.2) is 73.1 Å². The summed E-state index contributed by atoms with van der Waals surface area (Å²) in [6.45, 7) is 6.25. The number of carbonyl (C=O) groups is 2. The number of hydrogen-bond donors (Lipinski definition) is 1. The van der Waals surface area contributed by atoms with Gasteiger partial charge in [-0.3, -0.25) is 14.5 Å². The molecule has 0 aliphatic carbocycles. The van der Waals surface area contributed by atoms with Crippen molar-refractivity contribution in [2.24, 2.45) is 0 Å². The summed E-state index contributed by atoms with van der Waals surface area (Å²) in [6.07, 6.45) is 0.721. The Labute approximate surface area is 208 Å². The lowest BCUT2D eigenvalue weighted by molar-refractivity contribution is -0.140. The molecule has 2 saturated heterocycles. The van der Waals surface area contributed by atoms with Gasteiger partial charge in [-0.05, 0) is 54.8 Å². The molecule has 34 heavy (non-hydrogen) atoms. The Balaban J connectivity index is 1.69. The first-order valence-electron chi connectivity index (χ1n) is 11.4. The average molecular weight is 529 g/mol. The van der Waals surface area contributed by atoms with Gasteiger partial charge in [0.1, 0.15) is 11.5 Å². The van der Waals surface area contributed by atoms with E-state index in [4.69, 9.17) is 9.47 Å². The Morgan fingerprint density at radius 2 is 1.91 bits per heavy atom. The highest BCUT2D eigenvalue weighted by Crippen LogP contribution is 2.40. The van der Waals surface area contributed by atoms with E-state index in [1.165, 1.54) is 0 Å². The van der Waals surface area contributed by atoms with E-state index in [2.05, 4.69) is 20.8 Å². The molecule has 1 N–H and O–H groups in total. The van der Waals surface area contributed by atoms with Crippen LogP contribution in [-0.2, 0) is 14.3 Å². The van der Waals surface area contributed by atoms with Gasteiger partial charge in [0, 0.05) is 36.2 Å². The van der Waals surface area contributed by atoms with E-state index < -0.39 is 17.7 Å². The van der Waals surface area contributed by atoms with E-state index >= 15 is 0 Å². The van der Waals surface area contributed by atoms with Gasteiger partial charge in [-0.2, -0.15) is 0 Å². The predicted molar refractivity (Wildman–Crippen MR) is 133 cm³/mol. The Bertz CT molecular complexity index is 1110. The molecule has 0 saturated carbocycles. The number of hydrogen-bond acceptors (Lipinski definition) is 6. The molecule has 2 aromatic rings. The molecule has 2 aliphatic heterocycles. The maximum absolute atomic E-state index is 13.2. The highest BCUT2D eigenvalue weighted by Gasteiger charge is 2.45. The number of halogens is 1. The van der Waals surface area contributed by atoms with Gasteiger partial charge in [0.25, 0.3) is 11.7 Å². The van der Waals surface area contributed by atoms with Crippen LogP contribution in [0, 0.1) is 6.92 Å². The van der Waals surface area contributed by atoms with Gasteiger partial charge in [-0.25, -0.2) is 0 Å². The summed E-state index contributed by atoms with van der Waals surface area (Å²) in [5.41, 5.74) is 2.18. The number of Topliss-reactive ketones (excluding diaryl/α,β-unsaturated/α-hetero) is 1. The molecule has 0 bridgehead atoms. The minimum absolute atomic E-state index is 0.110. The van der Waals surface area contributed by atoms with Crippen molar-refractivity contribution in [2.75, 3.05) is 46.5 Å². The van der Waals surface area contributed by atoms with Gasteiger partial charge in [0.2, 0.25) is 0 Å². The van der Waals surface area contributed by atoms with Gasteiger partial charge in [0.05, 0.1) is 31.9 Å². The number of benzene rings is 2. The number of carbonyl (C=O) groups excluding carboxylic acids is 2. The number of aryl methyl sites for hydroxylation is 1. The quantitative estimate of drug-likeness (QED) is 0.333. The molecule has 8 heteroatoms. The zero-order valence-corrected chi connectivity index (χ0v) is 21.0. The summed E-state index contributed by atoms with van der Waals surface area (Å²) < 4.78 is 11.6. The largest absolute Gasteiger partial charge is 0.507 e. The second-order valence-electron chi connectivity index (χ2n) is 8.54. The SMILES string of the molecule is COc1ccc(/C(O)=C2\C(=O)C(=O)N(CCCN3CCOCC3)[C@@H]2c2cccc(Br)c2)cc1C. The van der Waals surface area contributed by atoms with Gasteiger partial charge >= 0.3 is 0 Å². The van der Waals surface area contributed by atoms with Gasteiger partial charge in [0.15, 0.2) is 0 Å². The second kappa shape index (κ2) is 10.7. The van der Waals surface area contributed by atoms with Crippen LogP contribution >= 0.6 is 15.9 Å². The second-order valence-corrected chi connectivity index (χ2v) is 9.46. The Kier molecular flexibility index (Phi) is 7.70. The number of likely N-dealkylation sites (tertiary alicyclic amines) is 1. The maximum atomic E-state index is 13.2. The van der Waals surface area contributed by atoms with Crippen molar-refractivity contribution in [3.8, 4) is 5.75 Å². The van der Waals surface area contributed by atoms with Crippen molar-refractivity contribution in [3.05, 3.63) is 69.2 Å². The lowest BCUT2D eigenvalue weighted by Crippen LogP contribution is -2.38. The third kappa shape index (κ3) is 5.04. The lowest BCUT2D eigenvalue weighted by atomic mass is 9.94. The van der Waals surface area contributed by atoms with Crippen LogP contribution in [0.25, 0.3) is 5.76 Å². The highest BCUT2D eigenvalue weighted by atomic mass is 79.9. The Morgan fingerprint density at radius 1 is 1.15 bits per heavy atom. The third-order valence-corrected chi connectivity index (χ3v) is 6.84. The zero-order chi connectivity index (χ0) is 24.2. The van der Waals surface area contributed by atoms with Gasteiger partial charge in [-0.1, -0.05) is 28.1 Å². The first-order valence-corrected chi connectivity index (χ1v) is 12.2. The first-order chi connectivity index (χ1) is 16.4. The Morgan fingerprint density at radius 3 is 2.59 bits per heavy atom. The molecule has 0 spiro atoms. The third-order valence-electron chi connectivity index (χ3n) is 6.35. The summed E-state index contributed by atoms with van der Waals surface area (Å²) in [6, 6.07) is 12.1. The fraction of sp³-hybridized carbons (Fsp3) is 0.385. The number of aliphatic hydroxyl groups excluding tert-OH is 1. The number of amides is 1. The number of ketones is 1. The molecule has 0 aromatic heterocycles. The lowest BCUT2D eigenvalue weighted by Gasteiger charge is -2.29. The summed E-state index contributed by atoms with van der Waals surface area (Å²) >= 11 is 3.49. The molecule has 7 nitrogen and oxygen atoms in total. The van der Waals surface area contributed by atoms with E-state index in [9.17, 15) is 14.7 Å². The molecular formula is C26H29BrN2O5. The summed E-state index contributed by atoms with van der Waals surface area (Å²) in [7, 11) is 1.58. The van der Waals surface area contributed by atoms with Crippen molar-refractivity contribution < 1.29 is 24.2 Å². The summed E-state index contributed by atoms with van der Waals surface area (Å²) in [4.78, 5) is 30.2. The summed E-state index contributed by atoms with van der Waals surface area (Å²) in [5.74, 6) is -0.741. The molecule has 2 aliphatic rings. The summed E-state index contributed by atoms with van der Waals surface area (Å²) in [5, 5.41) is 11.2. The maximum Gasteiger partial charge on any atom is 0.295 e. The van der Waals surface area contributed by atoms with Crippen LogP contribution in [0.5, 0.6) is 5.75 Å². The molecular weight excluding hydrogens is 500 g/mol. The van der Waals surface area contributed by atoms with Crippen molar-refractivity contribution in [1.29, 1.82) is 0 Å². The minimum Gasteiger partial charge on any atom is -0.507 e. The van der Waals surface area contributed by atoms with E-state index in [0.717, 1.165) is 41.7 Å². The number of aliphatic hydroxyl groups is 1. The molecule has 2 fully saturated rings. The smallest absolute Gasteiger partial charge is 0.295 e. The molecule has 4 rings (SSSR count). The molecule has 1 atom stereocenters. The first kappa shape index (κ1) is 24.4. The number of ether oxygens (including phenoxy) is 2. The molecule has 0 unspecified atom stereocenters. The van der Waals surface area contributed by atoms with Crippen LogP contribution in [0.4, 0.5) is 0 Å². The predicted octanol–water partition coefficient (Wildman–Crippen LogP) is 3.91. The fourth-order valence-corrected chi connectivity index (χ4v) is 5.02. The van der Waals surface area contributed by atoms with Crippen molar-refractivity contribution >= 4 is 33.4 Å². The molecule has 0 radical (unpaired) electrons. The van der Waals surface area contributed by atoms with Crippen LogP contribution in [0.1, 0.15) is 29.2 Å². The highest BCUT2D eigenvalue weighted by molar-refractivity contribution is 9.10. The minimum atomic E-state index is -0.665. The topological polar surface area (TPSA) is 79.3 Å². The number of morpholine rings is 1. The fourth-order valence-electron chi connectivity index (χ4n) is 4.60. The number of nitrogens with zero attached hydrogens (tertiary/aromatic N) is 2. The van der Waals surface area contributed by atoms with Crippen molar-refractivity contribution in [1.82, 2.24) is 9.80 Å². The molecule has 1 amide bonds. The van der Waals surface area contributed by atoms with Crippen molar-refractivity contribution in [2.45, 2.75) is 19.4 Å². The number of rotatable bonds is 7. The zero-order valence-electron chi connectivity index (χ0n) is 19.4. The monoisotopic (exact) mass is 528 g/mol. The van der Waals surface area contributed by atoms with Crippen LogP contribution in [0.3, 0.4) is 0 Å². The van der Waals surface area contributed by atoms with E-state index in [-0.39, 0.29) is 11.3 Å². The van der Waals surface area contributed by atoms with E-state index in [0.29, 0.717) is 31.1 Å². The standard InChI is InChI=1S/C26H29BrN2O5/c1-17-15-19(7-8-21(17)33-2)24(30)22-23(18-5-3-6-20(27)16-18)29(26(32)25(22)31)10-4-9-28-11-13-34-14-12-28/h3,5-8,15-16,23,30H,4,9-14H2,1-2H3/b24-22+/t23-/m1/s1. The normalized spacial score (nSPS) is 20.7. The van der Waals surface area contributed by atoms with Crippen LogP contribution in [0.2, 0.25) is 0 Å². The average Bonchev–Trinajstić information content (AvgIpc) is 3.09. The van der Waals surface area contributed by atoms with Crippen LogP contribution in [0.15, 0.2) is 52.5 Å². The number of methoxy groups -OCH3 is 1. The Hall–Kier alpha value is -2.68. The molecule has 2 aromatic carbocycles. The van der Waals surface area contributed by atoms with E-state index in [1.807, 2.05) is 31.2 Å². The van der Waals surface area contributed by atoms with Gasteiger partial charge < -0.3 is 19.5 Å².